The number of nitrogens with zero attached hydrogens (tertiary/aromatic N) is 2. The number of furan rings is 1. The van der Waals surface area contributed by atoms with E-state index in [1.54, 1.807) is 30.5 Å². The molecule has 0 fully saturated rings. The lowest BCUT2D eigenvalue weighted by atomic mass is 10.2. The predicted molar refractivity (Wildman–Crippen MR) is 104 cm³/mol. The van der Waals surface area contributed by atoms with Crippen molar-refractivity contribution in [3.8, 4) is 17.6 Å². The van der Waals surface area contributed by atoms with Crippen LogP contribution in [0.25, 0.3) is 0 Å². The number of nitriles is 1. The van der Waals surface area contributed by atoms with Gasteiger partial charge in [0.25, 0.3) is 5.91 Å². The molecule has 1 N–H and O–H groups in total. The third-order valence-corrected chi connectivity index (χ3v) is 4.52. The Morgan fingerprint density at radius 2 is 1.96 bits per heavy atom. The minimum Gasteiger partial charge on any atom is -0.493 e. The van der Waals surface area contributed by atoms with Gasteiger partial charge in [0.1, 0.15) is 17.6 Å². The fourth-order valence-electron chi connectivity index (χ4n) is 2.94. The molecule has 0 spiro atoms. The number of carbonyl (C=O) groups is 1. The summed E-state index contributed by atoms with van der Waals surface area (Å²) in [6.07, 6.45) is 1.59. The van der Waals surface area contributed by atoms with Crippen molar-refractivity contribution in [1.82, 2.24) is 4.57 Å². The summed E-state index contributed by atoms with van der Waals surface area (Å²) in [5, 5.41) is 12.4. The highest BCUT2D eigenvalue weighted by Crippen LogP contribution is 2.28. The molecule has 0 unspecified atom stereocenters. The van der Waals surface area contributed by atoms with E-state index in [-0.39, 0.29) is 12.5 Å². The maximum absolute atomic E-state index is 12.5. The molecule has 0 aliphatic rings. The Morgan fingerprint density at radius 1 is 1.21 bits per heavy atom. The Kier molecular flexibility index (Phi) is 5.70. The van der Waals surface area contributed by atoms with Gasteiger partial charge in [-0.3, -0.25) is 4.79 Å². The Balaban J connectivity index is 1.80. The fraction of sp³-hybridized carbons (Fsp3) is 0.238. The summed E-state index contributed by atoms with van der Waals surface area (Å²) in [6, 6.07) is 12.9. The standard InChI is InChI=1S/C21H21N3O4/c1-14-15(2)24(12-16-7-6-10-27-16)21(17(14)11-22)23-20(25)13-28-19-9-5-4-8-18(19)26-3/h4-10H,12-13H2,1-3H3,(H,23,25). The molecule has 0 radical (unpaired) electrons. The molecule has 2 aromatic heterocycles. The quantitative estimate of drug-likeness (QED) is 0.677. The number of para-hydroxylation sites is 2. The molecule has 28 heavy (non-hydrogen) atoms. The molecule has 3 aromatic rings. The van der Waals surface area contributed by atoms with Gasteiger partial charge in [-0.1, -0.05) is 12.1 Å². The largest absolute Gasteiger partial charge is 0.493 e. The number of carbonyl (C=O) groups excluding carboxylic acids is 1. The molecule has 0 saturated heterocycles. The second kappa shape index (κ2) is 8.35. The van der Waals surface area contributed by atoms with Gasteiger partial charge in [-0.25, -0.2) is 0 Å². The third-order valence-electron chi connectivity index (χ3n) is 4.52. The maximum Gasteiger partial charge on any atom is 0.263 e. The first-order valence-corrected chi connectivity index (χ1v) is 8.73. The van der Waals surface area contributed by atoms with E-state index in [0.717, 1.165) is 17.0 Å². The minimum atomic E-state index is -0.374. The van der Waals surface area contributed by atoms with Gasteiger partial charge in [-0.2, -0.15) is 5.26 Å². The van der Waals surface area contributed by atoms with E-state index in [4.69, 9.17) is 13.9 Å². The molecule has 0 aliphatic carbocycles. The lowest BCUT2D eigenvalue weighted by molar-refractivity contribution is -0.118. The van der Waals surface area contributed by atoms with Crippen LogP contribution < -0.4 is 14.8 Å². The number of amides is 1. The molecular formula is C21H21N3O4. The van der Waals surface area contributed by atoms with Gasteiger partial charge in [-0.15, -0.1) is 0 Å². The van der Waals surface area contributed by atoms with Gasteiger partial charge >= 0.3 is 0 Å². The molecule has 2 heterocycles. The Bertz CT molecular complexity index is 1010. The zero-order valence-corrected chi connectivity index (χ0v) is 16.0. The minimum absolute atomic E-state index is 0.213. The molecule has 7 heteroatoms. The van der Waals surface area contributed by atoms with Crippen molar-refractivity contribution in [2.75, 3.05) is 19.0 Å². The van der Waals surface area contributed by atoms with Gasteiger partial charge in [0.05, 0.1) is 25.5 Å². The topological polar surface area (TPSA) is 89.4 Å². The molecule has 3 rings (SSSR count). The highest BCUT2D eigenvalue weighted by molar-refractivity contribution is 5.93. The Morgan fingerprint density at radius 3 is 2.61 bits per heavy atom. The normalized spacial score (nSPS) is 10.4. The molecular weight excluding hydrogens is 358 g/mol. The van der Waals surface area contributed by atoms with Crippen LogP contribution in [0.2, 0.25) is 0 Å². The fourth-order valence-corrected chi connectivity index (χ4v) is 2.94. The predicted octanol–water partition coefficient (Wildman–Crippen LogP) is 3.64. The van der Waals surface area contributed by atoms with Crippen LogP contribution in [-0.2, 0) is 11.3 Å². The first kappa shape index (κ1) is 19.1. The number of ether oxygens (including phenoxy) is 2. The van der Waals surface area contributed by atoms with Gasteiger partial charge in [0.2, 0.25) is 0 Å². The number of anilines is 1. The molecule has 0 aliphatic heterocycles. The summed E-state index contributed by atoms with van der Waals surface area (Å²) < 4.78 is 18.1. The summed E-state index contributed by atoms with van der Waals surface area (Å²) in [7, 11) is 1.54. The van der Waals surface area contributed by atoms with E-state index < -0.39 is 0 Å². The van der Waals surface area contributed by atoms with Crippen LogP contribution in [0.1, 0.15) is 22.6 Å². The Hall–Kier alpha value is -3.66. The average molecular weight is 379 g/mol. The summed E-state index contributed by atoms with van der Waals surface area (Å²) in [5.41, 5.74) is 2.12. The smallest absolute Gasteiger partial charge is 0.263 e. The SMILES string of the molecule is COc1ccccc1OCC(=O)Nc1c(C#N)c(C)c(C)n1Cc1ccco1. The van der Waals surface area contributed by atoms with Crippen LogP contribution in [0.3, 0.4) is 0 Å². The van der Waals surface area contributed by atoms with E-state index >= 15 is 0 Å². The second-order valence-electron chi connectivity index (χ2n) is 6.20. The van der Waals surface area contributed by atoms with Gasteiger partial charge in [0.15, 0.2) is 18.1 Å². The molecule has 7 nitrogen and oxygen atoms in total. The van der Waals surface area contributed by atoms with Crippen LogP contribution in [0.5, 0.6) is 11.5 Å². The average Bonchev–Trinajstić information content (AvgIpc) is 3.29. The van der Waals surface area contributed by atoms with Gasteiger partial charge < -0.3 is 23.8 Å². The highest BCUT2D eigenvalue weighted by Gasteiger charge is 2.20. The van der Waals surface area contributed by atoms with Crippen molar-refractivity contribution in [1.29, 1.82) is 5.26 Å². The van der Waals surface area contributed by atoms with Crippen molar-refractivity contribution < 1.29 is 18.7 Å². The van der Waals surface area contributed by atoms with E-state index in [1.807, 2.05) is 30.5 Å². The first-order chi connectivity index (χ1) is 13.5. The molecule has 0 bridgehead atoms. The van der Waals surface area contributed by atoms with Crippen molar-refractivity contribution in [3.05, 3.63) is 65.2 Å². The van der Waals surface area contributed by atoms with Crippen LogP contribution in [-0.4, -0.2) is 24.2 Å². The number of nitrogens with one attached hydrogen (secondary N) is 1. The number of aromatic nitrogens is 1. The van der Waals surface area contributed by atoms with Crippen LogP contribution >= 0.6 is 0 Å². The number of rotatable bonds is 7. The lowest BCUT2D eigenvalue weighted by Gasteiger charge is -2.13. The lowest BCUT2D eigenvalue weighted by Crippen LogP contribution is -2.23. The van der Waals surface area contributed by atoms with Crippen molar-refractivity contribution in [2.45, 2.75) is 20.4 Å². The third kappa shape index (κ3) is 3.86. The van der Waals surface area contributed by atoms with Gasteiger partial charge in [-0.05, 0) is 43.7 Å². The molecule has 1 amide bonds. The summed E-state index contributed by atoms with van der Waals surface area (Å²) in [4.78, 5) is 12.5. The maximum atomic E-state index is 12.5. The van der Waals surface area contributed by atoms with Crippen molar-refractivity contribution in [2.24, 2.45) is 0 Å². The Labute approximate surface area is 163 Å². The molecule has 144 valence electrons. The second-order valence-corrected chi connectivity index (χ2v) is 6.20. The highest BCUT2D eigenvalue weighted by atomic mass is 16.5. The molecule has 0 saturated carbocycles. The van der Waals surface area contributed by atoms with Crippen molar-refractivity contribution >= 4 is 11.7 Å². The van der Waals surface area contributed by atoms with Crippen LogP contribution in [0.4, 0.5) is 5.82 Å². The molecule has 1 aromatic carbocycles. The monoisotopic (exact) mass is 379 g/mol. The van der Waals surface area contributed by atoms with Crippen LogP contribution in [0.15, 0.2) is 47.1 Å². The molecule has 0 atom stereocenters. The summed E-state index contributed by atoms with van der Waals surface area (Å²) in [5.74, 6) is 1.80. The van der Waals surface area contributed by atoms with E-state index in [1.165, 1.54) is 7.11 Å². The number of benzene rings is 1. The zero-order valence-electron chi connectivity index (χ0n) is 16.0. The number of hydrogen-bond acceptors (Lipinski definition) is 5. The summed E-state index contributed by atoms with van der Waals surface area (Å²) in [6.45, 7) is 3.95. The van der Waals surface area contributed by atoms with E-state index in [0.29, 0.717) is 29.4 Å². The number of methoxy groups -OCH3 is 1. The first-order valence-electron chi connectivity index (χ1n) is 8.73. The number of hydrogen-bond donors (Lipinski definition) is 1. The van der Waals surface area contributed by atoms with Gasteiger partial charge in [0, 0.05) is 5.69 Å². The van der Waals surface area contributed by atoms with E-state index in [9.17, 15) is 10.1 Å². The van der Waals surface area contributed by atoms with Crippen molar-refractivity contribution in [3.63, 3.8) is 0 Å². The zero-order chi connectivity index (χ0) is 20.1. The summed E-state index contributed by atoms with van der Waals surface area (Å²) >= 11 is 0. The van der Waals surface area contributed by atoms with E-state index in [2.05, 4.69) is 11.4 Å². The van der Waals surface area contributed by atoms with Crippen LogP contribution in [0, 0.1) is 25.2 Å².